The number of aliphatic hydroxyl groups excluding tert-OH is 1. The van der Waals surface area contributed by atoms with Gasteiger partial charge in [-0.05, 0) is 25.0 Å². The SMILES string of the molecule is Cc1ccc2c(c1)C(NC(=O)N[C@H](CO)Cc1ccccc1)CO2. The molecule has 0 saturated heterocycles. The lowest BCUT2D eigenvalue weighted by molar-refractivity contribution is 0.210. The van der Waals surface area contributed by atoms with E-state index < -0.39 is 0 Å². The maximum Gasteiger partial charge on any atom is 0.315 e. The molecule has 0 aromatic heterocycles. The van der Waals surface area contributed by atoms with Crippen LogP contribution in [0.2, 0.25) is 0 Å². The van der Waals surface area contributed by atoms with Gasteiger partial charge in [-0.25, -0.2) is 4.79 Å². The molecule has 1 heterocycles. The van der Waals surface area contributed by atoms with Gasteiger partial charge in [0.1, 0.15) is 12.4 Å². The van der Waals surface area contributed by atoms with E-state index in [4.69, 9.17) is 4.74 Å². The number of urea groups is 1. The molecule has 0 spiro atoms. The fraction of sp³-hybridized carbons (Fsp3) is 0.316. The largest absolute Gasteiger partial charge is 0.491 e. The predicted octanol–water partition coefficient (Wildman–Crippen LogP) is 2.33. The standard InChI is InChI=1S/C19H22N2O3/c1-13-7-8-18-16(9-13)17(12-24-18)21-19(23)20-15(11-22)10-14-5-3-2-4-6-14/h2-9,15,17,22H,10-12H2,1H3,(H2,20,21,23)/t15-,17?/m0/s1. The molecule has 1 aliphatic rings. The summed E-state index contributed by atoms with van der Waals surface area (Å²) in [7, 11) is 0. The summed E-state index contributed by atoms with van der Waals surface area (Å²) < 4.78 is 5.60. The van der Waals surface area contributed by atoms with E-state index >= 15 is 0 Å². The maximum atomic E-state index is 12.3. The number of ether oxygens (including phenoxy) is 1. The summed E-state index contributed by atoms with van der Waals surface area (Å²) in [5.74, 6) is 0.814. The molecule has 3 rings (SSSR count). The number of amides is 2. The van der Waals surface area contributed by atoms with Crippen LogP contribution in [0.25, 0.3) is 0 Å². The smallest absolute Gasteiger partial charge is 0.315 e. The van der Waals surface area contributed by atoms with Gasteiger partial charge in [-0.1, -0.05) is 48.0 Å². The zero-order chi connectivity index (χ0) is 16.9. The molecule has 2 aromatic carbocycles. The Morgan fingerprint density at radius 3 is 2.83 bits per heavy atom. The van der Waals surface area contributed by atoms with E-state index in [1.54, 1.807) is 0 Å². The van der Waals surface area contributed by atoms with E-state index in [2.05, 4.69) is 10.6 Å². The molecule has 0 aliphatic carbocycles. The van der Waals surface area contributed by atoms with Crippen LogP contribution < -0.4 is 15.4 Å². The van der Waals surface area contributed by atoms with Crippen molar-refractivity contribution in [1.82, 2.24) is 10.6 Å². The van der Waals surface area contributed by atoms with Crippen molar-refractivity contribution >= 4 is 6.03 Å². The van der Waals surface area contributed by atoms with Crippen molar-refractivity contribution in [1.29, 1.82) is 0 Å². The Labute approximate surface area is 141 Å². The molecule has 24 heavy (non-hydrogen) atoms. The third-order valence-electron chi connectivity index (χ3n) is 4.13. The molecule has 5 nitrogen and oxygen atoms in total. The van der Waals surface area contributed by atoms with Gasteiger partial charge >= 0.3 is 6.03 Å². The van der Waals surface area contributed by atoms with Crippen LogP contribution in [0.15, 0.2) is 48.5 Å². The van der Waals surface area contributed by atoms with E-state index in [0.29, 0.717) is 13.0 Å². The van der Waals surface area contributed by atoms with Crippen LogP contribution >= 0.6 is 0 Å². The number of aryl methyl sites for hydroxylation is 1. The number of hydrogen-bond acceptors (Lipinski definition) is 3. The van der Waals surface area contributed by atoms with Crippen molar-refractivity contribution in [2.75, 3.05) is 13.2 Å². The number of nitrogens with one attached hydrogen (secondary N) is 2. The maximum absolute atomic E-state index is 12.3. The molecule has 2 amide bonds. The van der Waals surface area contributed by atoms with Crippen LogP contribution in [0, 0.1) is 6.92 Å². The zero-order valence-corrected chi connectivity index (χ0v) is 13.7. The van der Waals surface area contributed by atoms with Crippen LogP contribution in [0.4, 0.5) is 4.79 Å². The lowest BCUT2D eigenvalue weighted by atomic mass is 10.1. The molecule has 1 unspecified atom stereocenters. The quantitative estimate of drug-likeness (QED) is 0.790. The van der Waals surface area contributed by atoms with Crippen molar-refractivity contribution in [2.24, 2.45) is 0 Å². The molecule has 126 valence electrons. The first-order chi connectivity index (χ1) is 11.7. The summed E-state index contributed by atoms with van der Waals surface area (Å²) in [6.07, 6.45) is 0.585. The minimum Gasteiger partial charge on any atom is -0.491 e. The first-order valence-corrected chi connectivity index (χ1v) is 8.11. The molecule has 1 aliphatic heterocycles. The van der Waals surface area contributed by atoms with Crippen LogP contribution in [0.1, 0.15) is 22.7 Å². The first-order valence-electron chi connectivity index (χ1n) is 8.11. The van der Waals surface area contributed by atoms with Crippen LogP contribution in [0.3, 0.4) is 0 Å². The highest BCUT2D eigenvalue weighted by molar-refractivity contribution is 5.75. The monoisotopic (exact) mass is 326 g/mol. The van der Waals surface area contributed by atoms with Crippen molar-refractivity contribution in [3.05, 3.63) is 65.2 Å². The third-order valence-corrected chi connectivity index (χ3v) is 4.13. The Kier molecular flexibility index (Phi) is 5.01. The third kappa shape index (κ3) is 3.86. The number of benzene rings is 2. The van der Waals surface area contributed by atoms with E-state index in [1.807, 2.05) is 55.5 Å². The Bertz CT molecular complexity index is 703. The molecule has 2 aromatic rings. The van der Waals surface area contributed by atoms with Gasteiger partial charge in [0.2, 0.25) is 0 Å². The fourth-order valence-corrected chi connectivity index (χ4v) is 2.90. The Balaban J connectivity index is 1.59. The predicted molar refractivity (Wildman–Crippen MR) is 92.1 cm³/mol. The number of rotatable bonds is 5. The summed E-state index contributed by atoms with van der Waals surface area (Å²) in [6, 6.07) is 14.9. The lowest BCUT2D eigenvalue weighted by Gasteiger charge is -2.19. The van der Waals surface area contributed by atoms with Crippen molar-refractivity contribution in [3.63, 3.8) is 0 Å². The van der Waals surface area contributed by atoms with Gasteiger partial charge in [-0.3, -0.25) is 0 Å². The average Bonchev–Trinajstić information content (AvgIpc) is 2.97. The topological polar surface area (TPSA) is 70.6 Å². The average molecular weight is 326 g/mol. The second-order valence-electron chi connectivity index (χ2n) is 6.09. The highest BCUT2D eigenvalue weighted by Crippen LogP contribution is 2.32. The molecule has 0 radical (unpaired) electrons. The number of carbonyl (C=O) groups is 1. The zero-order valence-electron chi connectivity index (χ0n) is 13.7. The van der Waals surface area contributed by atoms with Gasteiger partial charge in [0.15, 0.2) is 0 Å². The molecule has 0 fully saturated rings. The number of hydrogen-bond donors (Lipinski definition) is 3. The Morgan fingerprint density at radius 2 is 2.08 bits per heavy atom. The molecule has 0 saturated carbocycles. The molecule has 0 bridgehead atoms. The van der Waals surface area contributed by atoms with Gasteiger partial charge in [-0.15, -0.1) is 0 Å². The van der Waals surface area contributed by atoms with Gasteiger partial charge in [0, 0.05) is 5.56 Å². The van der Waals surface area contributed by atoms with E-state index in [1.165, 1.54) is 0 Å². The van der Waals surface area contributed by atoms with Crippen molar-refractivity contribution in [2.45, 2.75) is 25.4 Å². The van der Waals surface area contributed by atoms with Gasteiger partial charge in [0.05, 0.1) is 18.7 Å². The Hall–Kier alpha value is -2.53. The van der Waals surface area contributed by atoms with Crippen molar-refractivity contribution in [3.8, 4) is 5.75 Å². The van der Waals surface area contributed by atoms with Gasteiger partial charge in [-0.2, -0.15) is 0 Å². The fourth-order valence-electron chi connectivity index (χ4n) is 2.90. The summed E-state index contributed by atoms with van der Waals surface area (Å²) >= 11 is 0. The highest BCUT2D eigenvalue weighted by Gasteiger charge is 2.26. The minimum atomic E-state index is -0.327. The first kappa shape index (κ1) is 16.3. The minimum absolute atomic E-state index is 0.112. The van der Waals surface area contributed by atoms with Crippen LogP contribution in [-0.2, 0) is 6.42 Å². The summed E-state index contributed by atoms with van der Waals surface area (Å²) in [5.41, 5.74) is 3.19. The number of aliphatic hydroxyl groups is 1. The van der Waals surface area contributed by atoms with Crippen LogP contribution in [0.5, 0.6) is 5.75 Å². The second-order valence-corrected chi connectivity index (χ2v) is 6.09. The van der Waals surface area contributed by atoms with E-state index in [9.17, 15) is 9.90 Å². The number of carbonyl (C=O) groups excluding carboxylic acids is 1. The highest BCUT2D eigenvalue weighted by atomic mass is 16.5. The summed E-state index contributed by atoms with van der Waals surface area (Å²) in [5, 5.41) is 15.3. The molecular formula is C19H22N2O3. The second kappa shape index (κ2) is 7.36. The normalized spacial score (nSPS) is 16.8. The van der Waals surface area contributed by atoms with E-state index in [-0.39, 0.29) is 24.7 Å². The van der Waals surface area contributed by atoms with Gasteiger partial charge < -0.3 is 20.5 Å². The summed E-state index contributed by atoms with van der Waals surface area (Å²) in [4.78, 5) is 12.3. The molecule has 5 heteroatoms. The summed E-state index contributed by atoms with van der Waals surface area (Å²) in [6.45, 7) is 2.32. The number of fused-ring (bicyclic) bond motifs is 1. The molecule has 3 N–H and O–H groups in total. The molecular weight excluding hydrogens is 304 g/mol. The van der Waals surface area contributed by atoms with Crippen molar-refractivity contribution < 1.29 is 14.6 Å². The van der Waals surface area contributed by atoms with Gasteiger partial charge in [0.25, 0.3) is 0 Å². The van der Waals surface area contributed by atoms with Crippen LogP contribution in [-0.4, -0.2) is 30.4 Å². The lowest BCUT2D eigenvalue weighted by Crippen LogP contribution is -2.46. The molecule has 2 atom stereocenters. The Morgan fingerprint density at radius 1 is 1.29 bits per heavy atom. The van der Waals surface area contributed by atoms with E-state index in [0.717, 1.165) is 22.4 Å².